The van der Waals surface area contributed by atoms with Crippen LogP contribution in [0.3, 0.4) is 0 Å². The Morgan fingerprint density at radius 2 is 1.86 bits per heavy atom. The zero-order chi connectivity index (χ0) is 30.1. The molecule has 0 saturated carbocycles. The molecule has 0 aliphatic heterocycles. The summed E-state index contributed by atoms with van der Waals surface area (Å²) in [5.74, 6) is 0.423. The number of hydrogen-bond donors (Lipinski definition) is 1. The van der Waals surface area contributed by atoms with E-state index in [9.17, 15) is 4.79 Å². The van der Waals surface area contributed by atoms with E-state index in [1.165, 1.54) is 4.88 Å². The molecule has 7 heteroatoms. The average molecular weight is 605 g/mol. The Balaban J connectivity index is 1.36. The van der Waals surface area contributed by atoms with Crippen LogP contribution in [0.1, 0.15) is 64.7 Å². The Bertz CT molecular complexity index is 1870. The average Bonchev–Trinajstić information content (AvgIpc) is 3.54. The molecule has 0 radical (unpaired) electrons. The van der Waals surface area contributed by atoms with Crippen LogP contribution in [0.25, 0.3) is 10.9 Å². The summed E-state index contributed by atoms with van der Waals surface area (Å²) < 4.78 is 2.21. The number of thiophene rings is 1. The molecule has 2 heterocycles. The van der Waals surface area contributed by atoms with E-state index in [1.807, 2.05) is 54.7 Å². The molecule has 6 rings (SSSR count). The van der Waals surface area contributed by atoms with Gasteiger partial charge in [-0.3, -0.25) is 4.79 Å². The third-order valence-electron chi connectivity index (χ3n) is 8.38. The van der Waals surface area contributed by atoms with Crippen molar-refractivity contribution < 1.29 is 4.79 Å². The van der Waals surface area contributed by atoms with E-state index in [-0.39, 0.29) is 11.3 Å². The molecule has 1 aliphatic carbocycles. The van der Waals surface area contributed by atoms with Crippen LogP contribution < -0.4 is 5.32 Å². The van der Waals surface area contributed by atoms with E-state index in [4.69, 9.17) is 21.9 Å². The maximum atomic E-state index is 13.8. The minimum atomic E-state index is -0.135. The van der Waals surface area contributed by atoms with E-state index in [0.717, 1.165) is 51.9 Å². The van der Waals surface area contributed by atoms with Crippen LogP contribution in [-0.4, -0.2) is 16.7 Å². The molecule has 0 fully saturated rings. The van der Waals surface area contributed by atoms with Crippen molar-refractivity contribution in [3.63, 3.8) is 0 Å². The summed E-state index contributed by atoms with van der Waals surface area (Å²) >= 11 is 7.72. The van der Waals surface area contributed by atoms with Crippen LogP contribution in [0.2, 0.25) is 5.02 Å². The van der Waals surface area contributed by atoms with Crippen molar-refractivity contribution >= 4 is 56.7 Å². The summed E-state index contributed by atoms with van der Waals surface area (Å²) in [6.07, 6.45) is 6.90. The molecule has 1 aliphatic rings. The maximum absolute atomic E-state index is 13.8. The molecule has 0 bridgehead atoms. The summed E-state index contributed by atoms with van der Waals surface area (Å²) in [5.41, 5.74) is 6.58. The fourth-order valence-corrected chi connectivity index (χ4v) is 7.28. The predicted octanol–water partition coefficient (Wildman–Crippen LogP) is 9.43. The van der Waals surface area contributed by atoms with Gasteiger partial charge in [0.2, 0.25) is 0 Å². The molecule has 5 nitrogen and oxygen atoms in total. The largest absolute Gasteiger partial charge is 0.342 e. The second-order valence-electron chi connectivity index (χ2n) is 12.2. The normalized spacial score (nSPS) is 15.0. The molecule has 0 spiro atoms. The lowest BCUT2D eigenvalue weighted by Gasteiger charge is -2.33. The second kappa shape index (κ2) is 11.8. The van der Waals surface area contributed by atoms with Gasteiger partial charge in [-0.1, -0.05) is 62.7 Å². The number of halogens is 1. The topological polar surface area (TPSA) is 70.2 Å². The summed E-state index contributed by atoms with van der Waals surface area (Å²) in [6.45, 7) is 7.59. The molecule has 43 heavy (non-hydrogen) atoms. The number of benzene rings is 3. The van der Waals surface area contributed by atoms with E-state index < -0.39 is 0 Å². The SMILES string of the molecule is CC(C)(C)[C@H]1CCc2c(sc(N=Cc3cn(Cc4ccc(C#N)cc4)c4ccccc34)c2C(=O)Nc2ccc(Cl)cc2)C1. The zero-order valence-corrected chi connectivity index (χ0v) is 26.1. The first-order chi connectivity index (χ1) is 20.7. The highest BCUT2D eigenvalue weighted by Gasteiger charge is 2.33. The first-order valence-electron chi connectivity index (χ1n) is 14.5. The van der Waals surface area contributed by atoms with E-state index >= 15 is 0 Å². The predicted molar refractivity (Wildman–Crippen MR) is 178 cm³/mol. The minimum Gasteiger partial charge on any atom is -0.342 e. The van der Waals surface area contributed by atoms with Gasteiger partial charge in [0.05, 0.1) is 17.2 Å². The van der Waals surface area contributed by atoms with Crippen molar-refractivity contribution in [2.24, 2.45) is 16.3 Å². The van der Waals surface area contributed by atoms with Gasteiger partial charge in [0.1, 0.15) is 5.00 Å². The molecular weight excluding hydrogens is 572 g/mol. The lowest BCUT2D eigenvalue weighted by atomic mass is 9.72. The Hall–Kier alpha value is -4.18. The van der Waals surface area contributed by atoms with Crippen molar-refractivity contribution in [2.75, 3.05) is 5.32 Å². The van der Waals surface area contributed by atoms with Gasteiger partial charge in [-0.05, 0) is 84.2 Å². The number of nitrogens with one attached hydrogen (secondary N) is 1. The molecule has 3 aromatic carbocycles. The van der Waals surface area contributed by atoms with Crippen molar-refractivity contribution in [1.29, 1.82) is 5.26 Å². The van der Waals surface area contributed by atoms with Crippen molar-refractivity contribution in [1.82, 2.24) is 4.57 Å². The zero-order valence-electron chi connectivity index (χ0n) is 24.5. The van der Waals surface area contributed by atoms with Gasteiger partial charge in [-0.15, -0.1) is 11.3 Å². The van der Waals surface area contributed by atoms with Crippen LogP contribution in [-0.2, 0) is 19.4 Å². The quantitative estimate of drug-likeness (QED) is 0.196. The third kappa shape index (κ3) is 6.15. The summed E-state index contributed by atoms with van der Waals surface area (Å²) in [4.78, 5) is 20.0. The number of fused-ring (bicyclic) bond motifs is 2. The lowest BCUT2D eigenvalue weighted by Crippen LogP contribution is -2.27. The number of carbonyl (C=O) groups excluding carboxylic acids is 1. The maximum Gasteiger partial charge on any atom is 0.259 e. The van der Waals surface area contributed by atoms with E-state index in [2.05, 4.69) is 55.1 Å². The van der Waals surface area contributed by atoms with Crippen molar-refractivity contribution in [3.8, 4) is 6.07 Å². The van der Waals surface area contributed by atoms with Crippen molar-refractivity contribution in [2.45, 2.75) is 46.6 Å². The standard InChI is InChI=1S/C36H33ClN4OS/c1-36(2,3)26-12-17-30-32(18-26)43-35(33(30)34(42)40-28-15-13-27(37)14-16-28)39-20-25-22-41(31-7-5-4-6-29(25)31)21-24-10-8-23(19-38)9-11-24/h4-11,13-16,20,22,26H,12,17-18,21H2,1-3H3,(H,40,42)/t26-/m0/s1. The monoisotopic (exact) mass is 604 g/mol. The van der Waals surface area contributed by atoms with Crippen LogP contribution in [0.15, 0.2) is 84.0 Å². The fraction of sp³-hybridized carbons (Fsp3) is 0.250. The molecule has 216 valence electrons. The van der Waals surface area contributed by atoms with Gasteiger partial charge in [-0.2, -0.15) is 5.26 Å². The molecule has 1 amide bonds. The first-order valence-corrected chi connectivity index (χ1v) is 15.7. The summed E-state index contributed by atoms with van der Waals surface area (Å²) in [5, 5.41) is 14.7. The number of carbonyl (C=O) groups is 1. The summed E-state index contributed by atoms with van der Waals surface area (Å²) in [7, 11) is 0. The minimum absolute atomic E-state index is 0.135. The summed E-state index contributed by atoms with van der Waals surface area (Å²) in [6, 6.07) is 25.4. The van der Waals surface area contributed by atoms with E-state index in [1.54, 1.807) is 23.5 Å². The number of amides is 1. The highest BCUT2D eigenvalue weighted by Crippen LogP contribution is 2.45. The first kappa shape index (κ1) is 28.9. The Morgan fingerprint density at radius 1 is 1.12 bits per heavy atom. The Kier molecular flexibility index (Phi) is 7.96. The number of anilines is 1. The molecule has 0 saturated heterocycles. The van der Waals surface area contributed by atoms with Gasteiger partial charge in [0.25, 0.3) is 5.91 Å². The van der Waals surface area contributed by atoms with E-state index in [0.29, 0.717) is 34.3 Å². The van der Waals surface area contributed by atoms with Crippen LogP contribution in [0.5, 0.6) is 0 Å². The molecule has 2 aromatic heterocycles. The van der Waals surface area contributed by atoms with Gasteiger partial charge >= 0.3 is 0 Å². The van der Waals surface area contributed by atoms with Gasteiger partial charge in [0, 0.05) is 51.0 Å². The number of aliphatic imine (C=N–C) groups is 1. The van der Waals surface area contributed by atoms with Gasteiger partial charge in [0.15, 0.2) is 0 Å². The van der Waals surface area contributed by atoms with Crippen molar-refractivity contribution in [3.05, 3.63) is 117 Å². The van der Waals surface area contributed by atoms with Crippen LogP contribution in [0, 0.1) is 22.7 Å². The van der Waals surface area contributed by atoms with Crippen LogP contribution >= 0.6 is 22.9 Å². The Labute approximate surface area is 261 Å². The molecule has 5 aromatic rings. The van der Waals surface area contributed by atoms with Crippen LogP contribution in [0.4, 0.5) is 10.7 Å². The molecular formula is C36H33ClN4OS. The van der Waals surface area contributed by atoms with Gasteiger partial charge in [-0.25, -0.2) is 4.99 Å². The number of para-hydroxylation sites is 1. The fourth-order valence-electron chi connectivity index (χ4n) is 5.88. The van der Waals surface area contributed by atoms with Gasteiger partial charge < -0.3 is 9.88 Å². The number of nitriles is 1. The highest BCUT2D eigenvalue weighted by molar-refractivity contribution is 7.16. The second-order valence-corrected chi connectivity index (χ2v) is 13.8. The number of hydrogen-bond acceptors (Lipinski definition) is 4. The molecule has 1 N–H and O–H groups in total. The number of aromatic nitrogens is 1. The molecule has 1 atom stereocenters. The smallest absolute Gasteiger partial charge is 0.259 e. The highest BCUT2D eigenvalue weighted by atomic mass is 35.5. The Morgan fingerprint density at radius 3 is 2.58 bits per heavy atom. The number of nitrogens with zero attached hydrogens (tertiary/aromatic N) is 3. The lowest BCUT2D eigenvalue weighted by molar-refractivity contribution is 0.102. The number of rotatable bonds is 6. The molecule has 0 unspecified atom stereocenters. The third-order valence-corrected chi connectivity index (χ3v) is 9.79.